The van der Waals surface area contributed by atoms with Crippen LogP contribution in [0, 0.1) is 0 Å². The van der Waals surface area contributed by atoms with Crippen LogP contribution in [0.3, 0.4) is 0 Å². The molecule has 0 spiro atoms. The van der Waals surface area contributed by atoms with E-state index in [4.69, 9.17) is 4.98 Å². The van der Waals surface area contributed by atoms with Gasteiger partial charge in [-0.1, -0.05) is 12.1 Å². The molecule has 0 bridgehead atoms. The average molecular weight is 247 g/mol. The lowest BCUT2D eigenvalue weighted by Gasteiger charge is -2.31. The summed E-state index contributed by atoms with van der Waals surface area (Å²) in [5.74, 6) is 0. The molecule has 90 valence electrons. The second-order valence-corrected chi connectivity index (χ2v) is 5.54. The molecule has 3 nitrogen and oxygen atoms in total. The second-order valence-electron chi connectivity index (χ2n) is 4.48. The van der Waals surface area contributed by atoms with Crippen molar-refractivity contribution in [2.75, 3.05) is 26.2 Å². The van der Waals surface area contributed by atoms with E-state index < -0.39 is 0 Å². The Morgan fingerprint density at radius 1 is 1.29 bits per heavy atom. The zero-order chi connectivity index (χ0) is 11.7. The van der Waals surface area contributed by atoms with E-state index in [1.807, 2.05) is 11.3 Å². The van der Waals surface area contributed by atoms with Crippen LogP contribution < -0.4 is 5.32 Å². The predicted octanol–water partition coefficient (Wildman–Crippen LogP) is 2.26. The van der Waals surface area contributed by atoms with Gasteiger partial charge in [-0.15, -0.1) is 11.3 Å². The molecular weight excluding hydrogens is 230 g/mol. The Kier molecular flexibility index (Phi) is 3.09. The fraction of sp³-hybridized carbons (Fsp3) is 0.462. The van der Waals surface area contributed by atoms with Gasteiger partial charge in [-0.3, -0.25) is 4.90 Å². The summed E-state index contributed by atoms with van der Waals surface area (Å²) in [6, 6.07) is 8.83. The molecule has 17 heavy (non-hydrogen) atoms. The Balaban J connectivity index is 1.86. The molecule has 0 aliphatic carbocycles. The van der Waals surface area contributed by atoms with Gasteiger partial charge < -0.3 is 5.32 Å². The Morgan fingerprint density at radius 2 is 2.06 bits per heavy atom. The van der Waals surface area contributed by atoms with E-state index in [2.05, 4.69) is 41.4 Å². The average Bonchev–Trinajstić information content (AvgIpc) is 2.82. The quantitative estimate of drug-likeness (QED) is 0.882. The Morgan fingerprint density at radius 3 is 2.82 bits per heavy atom. The standard InChI is InChI=1S/C13H17N3S/c1-10(16-8-6-14-7-9-16)13-15-11-4-2-3-5-12(11)17-13/h2-5,10,14H,6-9H2,1H3/t10-/m0/s1. The third kappa shape index (κ3) is 2.20. The molecule has 3 rings (SSSR count). The summed E-state index contributed by atoms with van der Waals surface area (Å²) in [6.07, 6.45) is 0. The third-order valence-corrected chi connectivity index (χ3v) is 4.57. The van der Waals surface area contributed by atoms with Crippen molar-refractivity contribution >= 4 is 21.6 Å². The van der Waals surface area contributed by atoms with Crippen LogP contribution in [-0.2, 0) is 0 Å². The lowest BCUT2D eigenvalue weighted by atomic mass is 10.2. The molecule has 2 heterocycles. The number of piperazine rings is 1. The van der Waals surface area contributed by atoms with Gasteiger partial charge >= 0.3 is 0 Å². The molecule has 1 aromatic heterocycles. The van der Waals surface area contributed by atoms with Gasteiger partial charge in [-0.25, -0.2) is 4.98 Å². The van der Waals surface area contributed by atoms with E-state index in [0.717, 1.165) is 31.7 Å². The number of nitrogens with zero attached hydrogens (tertiary/aromatic N) is 2. The van der Waals surface area contributed by atoms with Crippen LogP contribution in [0.4, 0.5) is 0 Å². The predicted molar refractivity (Wildman–Crippen MR) is 72.5 cm³/mol. The fourth-order valence-corrected chi connectivity index (χ4v) is 3.35. The number of nitrogens with one attached hydrogen (secondary N) is 1. The molecule has 0 unspecified atom stereocenters. The van der Waals surface area contributed by atoms with Crippen molar-refractivity contribution in [2.45, 2.75) is 13.0 Å². The van der Waals surface area contributed by atoms with Gasteiger partial charge in [0.05, 0.1) is 16.3 Å². The first-order valence-corrected chi connectivity index (χ1v) is 6.96. The topological polar surface area (TPSA) is 28.2 Å². The highest BCUT2D eigenvalue weighted by atomic mass is 32.1. The summed E-state index contributed by atoms with van der Waals surface area (Å²) in [4.78, 5) is 7.25. The summed E-state index contributed by atoms with van der Waals surface area (Å²) >= 11 is 1.83. The number of hydrogen-bond acceptors (Lipinski definition) is 4. The Labute approximate surface area is 105 Å². The molecule has 1 aromatic carbocycles. The van der Waals surface area contributed by atoms with Crippen LogP contribution in [0.25, 0.3) is 10.2 Å². The van der Waals surface area contributed by atoms with Crippen LogP contribution in [-0.4, -0.2) is 36.1 Å². The molecular formula is C13H17N3S. The van der Waals surface area contributed by atoms with Crippen LogP contribution >= 0.6 is 11.3 Å². The number of para-hydroxylation sites is 1. The first kappa shape index (κ1) is 11.1. The van der Waals surface area contributed by atoms with E-state index in [1.54, 1.807) is 0 Å². The third-order valence-electron chi connectivity index (χ3n) is 3.37. The summed E-state index contributed by atoms with van der Waals surface area (Å²) in [6.45, 7) is 6.70. The molecule has 0 radical (unpaired) electrons. The summed E-state index contributed by atoms with van der Waals surface area (Å²) in [7, 11) is 0. The molecule has 1 atom stereocenters. The molecule has 1 fully saturated rings. The highest BCUT2D eigenvalue weighted by Crippen LogP contribution is 2.29. The van der Waals surface area contributed by atoms with Gasteiger partial charge in [0.25, 0.3) is 0 Å². The van der Waals surface area contributed by atoms with Crippen molar-refractivity contribution < 1.29 is 0 Å². The van der Waals surface area contributed by atoms with Crippen molar-refractivity contribution in [3.63, 3.8) is 0 Å². The molecule has 1 aliphatic rings. The Bertz CT molecular complexity index is 469. The smallest absolute Gasteiger partial charge is 0.111 e. The highest BCUT2D eigenvalue weighted by Gasteiger charge is 2.20. The largest absolute Gasteiger partial charge is 0.314 e. The van der Waals surface area contributed by atoms with E-state index >= 15 is 0 Å². The van der Waals surface area contributed by atoms with Crippen molar-refractivity contribution in [1.29, 1.82) is 0 Å². The lowest BCUT2D eigenvalue weighted by molar-refractivity contribution is 0.185. The maximum absolute atomic E-state index is 4.74. The highest BCUT2D eigenvalue weighted by molar-refractivity contribution is 7.18. The monoisotopic (exact) mass is 247 g/mol. The number of fused-ring (bicyclic) bond motifs is 1. The summed E-state index contributed by atoms with van der Waals surface area (Å²) in [5.41, 5.74) is 1.13. The molecule has 4 heteroatoms. The molecule has 1 aliphatic heterocycles. The van der Waals surface area contributed by atoms with E-state index in [1.165, 1.54) is 9.71 Å². The first-order chi connectivity index (χ1) is 8.34. The first-order valence-electron chi connectivity index (χ1n) is 6.15. The van der Waals surface area contributed by atoms with Crippen LogP contribution in [0.2, 0.25) is 0 Å². The molecule has 1 N–H and O–H groups in total. The maximum Gasteiger partial charge on any atom is 0.111 e. The van der Waals surface area contributed by atoms with E-state index in [9.17, 15) is 0 Å². The van der Waals surface area contributed by atoms with Gasteiger partial charge in [-0.05, 0) is 19.1 Å². The van der Waals surface area contributed by atoms with Crippen molar-refractivity contribution in [3.8, 4) is 0 Å². The minimum atomic E-state index is 0.439. The second kappa shape index (κ2) is 4.72. The summed E-state index contributed by atoms with van der Waals surface area (Å²) in [5, 5.41) is 4.63. The minimum absolute atomic E-state index is 0.439. The zero-order valence-corrected chi connectivity index (χ0v) is 10.8. The fourth-order valence-electron chi connectivity index (χ4n) is 2.29. The summed E-state index contributed by atoms with van der Waals surface area (Å²) < 4.78 is 1.30. The van der Waals surface area contributed by atoms with Crippen LogP contribution in [0.15, 0.2) is 24.3 Å². The molecule has 0 amide bonds. The van der Waals surface area contributed by atoms with Crippen LogP contribution in [0.5, 0.6) is 0 Å². The zero-order valence-electron chi connectivity index (χ0n) is 10.0. The molecule has 2 aromatic rings. The number of hydrogen-bond donors (Lipinski definition) is 1. The lowest BCUT2D eigenvalue weighted by Crippen LogP contribution is -2.44. The van der Waals surface area contributed by atoms with Crippen LogP contribution in [0.1, 0.15) is 18.0 Å². The normalized spacial score (nSPS) is 19.6. The number of aromatic nitrogens is 1. The number of thiazole rings is 1. The van der Waals surface area contributed by atoms with Gasteiger partial charge in [0.2, 0.25) is 0 Å². The minimum Gasteiger partial charge on any atom is -0.314 e. The van der Waals surface area contributed by atoms with E-state index in [-0.39, 0.29) is 0 Å². The number of rotatable bonds is 2. The van der Waals surface area contributed by atoms with E-state index in [0.29, 0.717) is 6.04 Å². The van der Waals surface area contributed by atoms with Gasteiger partial charge in [0.1, 0.15) is 5.01 Å². The Hall–Kier alpha value is -0.970. The van der Waals surface area contributed by atoms with Crippen molar-refractivity contribution in [3.05, 3.63) is 29.3 Å². The van der Waals surface area contributed by atoms with Crippen molar-refractivity contribution in [2.24, 2.45) is 0 Å². The molecule has 1 saturated heterocycles. The van der Waals surface area contributed by atoms with Crippen molar-refractivity contribution in [1.82, 2.24) is 15.2 Å². The van der Waals surface area contributed by atoms with Gasteiger partial charge in [-0.2, -0.15) is 0 Å². The SMILES string of the molecule is C[C@@H](c1nc2ccccc2s1)N1CCNCC1. The molecule has 0 saturated carbocycles. The van der Waals surface area contributed by atoms with Gasteiger partial charge in [0, 0.05) is 26.2 Å². The van der Waals surface area contributed by atoms with Gasteiger partial charge in [0.15, 0.2) is 0 Å². The maximum atomic E-state index is 4.74. The number of benzene rings is 1.